The van der Waals surface area contributed by atoms with Crippen LogP contribution in [0.2, 0.25) is 0 Å². The number of nitrogen functional groups attached to an aromatic ring is 1. The van der Waals surface area contributed by atoms with Gasteiger partial charge >= 0.3 is 5.69 Å². The number of hydrogen-bond donors (Lipinski definition) is 1. The number of anilines is 1. The van der Waals surface area contributed by atoms with Crippen LogP contribution < -0.4 is 10.5 Å². The fourth-order valence-electron chi connectivity index (χ4n) is 0.956. The van der Waals surface area contributed by atoms with E-state index in [9.17, 15) is 18.9 Å². The molecular weight excluding hydrogens is 198 g/mol. The second-order valence-corrected chi connectivity index (χ2v) is 2.39. The van der Waals surface area contributed by atoms with Gasteiger partial charge in [0.1, 0.15) is 0 Å². The van der Waals surface area contributed by atoms with E-state index in [0.717, 1.165) is 7.11 Å². The van der Waals surface area contributed by atoms with Crippen LogP contribution >= 0.6 is 0 Å². The van der Waals surface area contributed by atoms with Crippen molar-refractivity contribution >= 4 is 11.4 Å². The summed E-state index contributed by atoms with van der Waals surface area (Å²) in [6.45, 7) is 0. The van der Waals surface area contributed by atoms with Gasteiger partial charge in [0.2, 0.25) is 5.75 Å². The van der Waals surface area contributed by atoms with Gasteiger partial charge in [-0.25, -0.2) is 8.78 Å². The Balaban J connectivity index is 3.53. The van der Waals surface area contributed by atoms with Crippen molar-refractivity contribution in [2.45, 2.75) is 0 Å². The standard InChI is InChI=1S/C7H6F2N2O3/c1-14-4-2-3(8)5(9)6(10)7(4)11(12)13/h2H,10H2,1H3. The van der Waals surface area contributed by atoms with Gasteiger partial charge < -0.3 is 10.5 Å². The third kappa shape index (κ3) is 1.43. The van der Waals surface area contributed by atoms with Crippen molar-refractivity contribution in [1.82, 2.24) is 0 Å². The Morgan fingerprint density at radius 1 is 1.57 bits per heavy atom. The van der Waals surface area contributed by atoms with Crippen molar-refractivity contribution in [3.8, 4) is 5.75 Å². The second kappa shape index (κ2) is 3.44. The minimum atomic E-state index is -1.45. The van der Waals surface area contributed by atoms with E-state index in [1.54, 1.807) is 0 Å². The van der Waals surface area contributed by atoms with Crippen LogP contribution in [0.1, 0.15) is 0 Å². The first-order valence-corrected chi connectivity index (χ1v) is 3.45. The number of benzene rings is 1. The minimum Gasteiger partial charge on any atom is -0.490 e. The molecule has 0 saturated heterocycles. The Morgan fingerprint density at radius 3 is 2.57 bits per heavy atom. The van der Waals surface area contributed by atoms with Crippen molar-refractivity contribution in [1.29, 1.82) is 0 Å². The summed E-state index contributed by atoms with van der Waals surface area (Å²) in [4.78, 5) is 9.49. The van der Waals surface area contributed by atoms with E-state index < -0.39 is 33.7 Å². The molecule has 0 unspecified atom stereocenters. The molecule has 1 aromatic rings. The summed E-state index contributed by atoms with van der Waals surface area (Å²) in [5.74, 6) is -3.14. The summed E-state index contributed by atoms with van der Waals surface area (Å²) in [6.07, 6.45) is 0. The number of rotatable bonds is 2. The quantitative estimate of drug-likeness (QED) is 0.449. The lowest BCUT2D eigenvalue weighted by atomic mass is 10.2. The highest BCUT2D eigenvalue weighted by Gasteiger charge is 2.25. The molecule has 7 heteroatoms. The number of methoxy groups -OCH3 is 1. The molecule has 1 aromatic carbocycles. The number of hydrogen-bond acceptors (Lipinski definition) is 4. The van der Waals surface area contributed by atoms with E-state index in [0.29, 0.717) is 6.07 Å². The topological polar surface area (TPSA) is 78.4 Å². The monoisotopic (exact) mass is 204 g/mol. The molecular formula is C7H6F2N2O3. The van der Waals surface area contributed by atoms with Crippen molar-refractivity contribution in [3.05, 3.63) is 27.8 Å². The molecule has 0 aliphatic carbocycles. The van der Waals surface area contributed by atoms with Crippen LogP contribution in [0.3, 0.4) is 0 Å². The number of nitro benzene ring substituents is 1. The summed E-state index contributed by atoms with van der Waals surface area (Å²) in [6, 6.07) is 0.573. The first-order valence-electron chi connectivity index (χ1n) is 3.45. The molecule has 2 N–H and O–H groups in total. The van der Waals surface area contributed by atoms with Crippen LogP contribution in [-0.2, 0) is 0 Å². The molecule has 14 heavy (non-hydrogen) atoms. The third-order valence-electron chi connectivity index (χ3n) is 1.59. The van der Waals surface area contributed by atoms with Gasteiger partial charge in [-0.15, -0.1) is 0 Å². The van der Waals surface area contributed by atoms with Gasteiger partial charge in [-0.2, -0.15) is 0 Å². The van der Waals surface area contributed by atoms with Crippen molar-refractivity contribution in [2.75, 3.05) is 12.8 Å². The van der Waals surface area contributed by atoms with Gasteiger partial charge in [0.05, 0.1) is 12.0 Å². The zero-order valence-electron chi connectivity index (χ0n) is 7.08. The zero-order valence-corrected chi connectivity index (χ0v) is 7.08. The number of halogens is 2. The van der Waals surface area contributed by atoms with E-state index in [-0.39, 0.29) is 0 Å². The molecule has 76 valence electrons. The number of nitro groups is 1. The van der Waals surface area contributed by atoms with E-state index in [2.05, 4.69) is 4.74 Å². The summed E-state index contributed by atoms with van der Waals surface area (Å²) in [7, 11) is 1.10. The van der Waals surface area contributed by atoms with Crippen molar-refractivity contribution in [3.63, 3.8) is 0 Å². The lowest BCUT2D eigenvalue weighted by Crippen LogP contribution is -2.03. The van der Waals surface area contributed by atoms with Gasteiger partial charge in [0.15, 0.2) is 17.3 Å². The Kier molecular flexibility index (Phi) is 2.50. The Hall–Kier alpha value is -1.92. The molecule has 0 aliphatic heterocycles. The molecule has 0 amide bonds. The van der Waals surface area contributed by atoms with Crippen molar-refractivity contribution in [2.24, 2.45) is 0 Å². The Bertz CT molecular complexity index is 395. The van der Waals surface area contributed by atoms with Crippen LogP contribution in [0, 0.1) is 21.7 Å². The molecule has 0 radical (unpaired) electrons. The SMILES string of the molecule is COc1cc(F)c(F)c(N)c1[N+](=O)[O-]. The Morgan fingerprint density at radius 2 is 2.14 bits per heavy atom. The van der Waals surface area contributed by atoms with Gasteiger partial charge in [-0.3, -0.25) is 10.1 Å². The summed E-state index contributed by atoms with van der Waals surface area (Å²) < 4.78 is 30.0. The molecule has 0 aromatic heterocycles. The highest BCUT2D eigenvalue weighted by Crippen LogP contribution is 2.35. The van der Waals surface area contributed by atoms with Crippen LogP contribution in [0.25, 0.3) is 0 Å². The third-order valence-corrected chi connectivity index (χ3v) is 1.59. The summed E-state index contributed by atoms with van der Waals surface area (Å²) in [5, 5.41) is 10.4. The largest absolute Gasteiger partial charge is 0.490 e. The van der Waals surface area contributed by atoms with Gasteiger partial charge in [-0.05, 0) is 0 Å². The number of nitrogens with zero attached hydrogens (tertiary/aromatic N) is 1. The molecule has 5 nitrogen and oxygen atoms in total. The molecule has 0 saturated carbocycles. The predicted molar refractivity (Wildman–Crippen MR) is 44.0 cm³/mol. The van der Waals surface area contributed by atoms with Crippen LogP contribution in [0.4, 0.5) is 20.2 Å². The smallest absolute Gasteiger partial charge is 0.336 e. The maximum atomic E-state index is 12.8. The predicted octanol–water partition coefficient (Wildman–Crippen LogP) is 1.46. The number of ether oxygens (including phenoxy) is 1. The highest BCUT2D eigenvalue weighted by molar-refractivity contribution is 5.66. The molecule has 1 rings (SSSR count). The lowest BCUT2D eigenvalue weighted by Gasteiger charge is -2.05. The Labute approximate surface area is 77.2 Å². The van der Waals surface area contributed by atoms with E-state index >= 15 is 0 Å². The average Bonchev–Trinajstić information content (AvgIpc) is 2.12. The first kappa shape index (κ1) is 10.2. The summed E-state index contributed by atoms with van der Waals surface area (Å²) in [5.41, 5.74) is 3.38. The highest BCUT2D eigenvalue weighted by atomic mass is 19.2. The number of nitrogens with two attached hydrogens (primary N) is 1. The molecule has 0 spiro atoms. The lowest BCUT2D eigenvalue weighted by molar-refractivity contribution is -0.385. The second-order valence-electron chi connectivity index (χ2n) is 2.39. The zero-order chi connectivity index (χ0) is 10.9. The van der Waals surface area contributed by atoms with Gasteiger partial charge in [0, 0.05) is 6.07 Å². The van der Waals surface area contributed by atoms with Gasteiger partial charge in [0.25, 0.3) is 0 Å². The van der Waals surface area contributed by atoms with E-state index in [1.807, 2.05) is 0 Å². The molecule has 0 aliphatic rings. The minimum absolute atomic E-state index is 0.411. The molecule has 0 bridgehead atoms. The van der Waals surface area contributed by atoms with Crippen LogP contribution in [0.5, 0.6) is 5.75 Å². The van der Waals surface area contributed by atoms with Crippen LogP contribution in [0.15, 0.2) is 6.07 Å². The molecule has 0 heterocycles. The maximum absolute atomic E-state index is 12.8. The fraction of sp³-hybridized carbons (Fsp3) is 0.143. The molecule has 0 atom stereocenters. The van der Waals surface area contributed by atoms with Gasteiger partial charge in [-0.1, -0.05) is 0 Å². The maximum Gasteiger partial charge on any atom is 0.336 e. The normalized spacial score (nSPS) is 9.93. The van der Waals surface area contributed by atoms with Crippen molar-refractivity contribution < 1.29 is 18.4 Å². The first-order chi connectivity index (χ1) is 6.49. The average molecular weight is 204 g/mol. The van der Waals surface area contributed by atoms with E-state index in [1.165, 1.54) is 0 Å². The van der Waals surface area contributed by atoms with Crippen LogP contribution in [-0.4, -0.2) is 12.0 Å². The summed E-state index contributed by atoms with van der Waals surface area (Å²) >= 11 is 0. The van der Waals surface area contributed by atoms with E-state index in [4.69, 9.17) is 5.73 Å². The molecule has 0 fully saturated rings. The fourth-order valence-corrected chi connectivity index (χ4v) is 0.956.